The molecule has 1 aliphatic rings. The third kappa shape index (κ3) is 2.23. The summed E-state index contributed by atoms with van der Waals surface area (Å²) in [5, 5.41) is 4.50. The van der Waals surface area contributed by atoms with Gasteiger partial charge < -0.3 is 5.73 Å². The molecule has 16 heavy (non-hydrogen) atoms. The van der Waals surface area contributed by atoms with Crippen molar-refractivity contribution in [3.8, 4) is 0 Å². The highest BCUT2D eigenvalue weighted by Crippen LogP contribution is 2.27. The van der Waals surface area contributed by atoms with Crippen molar-refractivity contribution in [3.05, 3.63) is 27.5 Å². The quantitative estimate of drug-likeness (QED) is 0.866. The zero-order valence-electron chi connectivity index (χ0n) is 9.83. The first kappa shape index (κ1) is 11.9. The van der Waals surface area contributed by atoms with Crippen molar-refractivity contribution in [1.82, 2.24) is 9.78 Å². The minimum Gasteiger partial charge on any atom is -0.324 e. The van der Waals surface area contributed by atoms with Crippen molar-refractivity contribution in [2.45, 2.75) is 38.6 Å². The number of nitrogens with zero attached hydrogens (tertiary/aromatic N) is 2. The number of allylic oxidation sites excluding steroid dienone is 1. The average molecular weight is 284 g/mol. The van der Waals surface area contributed by atoms with Crippen molar-refractivity contribution >= 4 is 15.9 Å². The Morgan fingerprint density at radius 2 is 2.38 bits per heavy atom. The molecule has 0 amide bonds. The van der Waals surface area contributed by atoms with E-state index in [-0.39, 0.29) is 6.04 Å². The predicted molar refractivity (Wildman–Crippen MR) is 69.3 cm³/mol. The van der Waals surface area contributed by atoms with E-state index in [9.17, 15) is 0 Å². The van der Waals surface area contributed by atoms with Gasteiger partial charge in [-0.15, -0.1) is 0 Å². The van der Waals surface area contributed by atoms with Crippen LogP contribution in [0, 0.1) is 0 Å². The smallest absolute Gasteiger partial charge is 0.0766 e. The molecule has 1 unspecified atom stereocenters. The molecule has 1 aliphatic carbocycles. The standard InChI is InChI=1S/C12H18BrN3/c1-3-10-12(13)11(16(2)15-10)7-8-4-5-9(14)6-8/h6,9H,3-5,7,14H2,1-2H3. The molecule has 3 nitrogen and oxygen atoms in total. The van der Waals surface area contributed by atoms with Crippen LogP contribution in [0.15, 0.2) is 16.1 Å². The molecule has 2 rings (SSSR count). The molecule has 1 atom stereocenters. The maximum absolute atomic E-state index is 5.88. The summed E-state index contributed by atoms with van der Waals surface area (Å²) in [6, 6.07) is 0.257. The van der Waals surface area contributed by atoms with E-state index in [1.807, 2.05) is 11.7 Å². The van der Waals surface area contributed by atoms with Crippen LogP contribution in [0.5, 0.6) is 0 Å². The van der Waals surface area contributed by atoms with E-state index in [1.54, 1.807) is 0 Å². The zero-order chi connectivity index (χ0) is 11.7. The zero-order valence-corrected chi connectivity index (χ0v) is 11.4. The van der Waals surface area contributed by atoms with Crippen LogP contribution in [0.2, 0.25) is 0 Å². The maximum Gasteiger partial charge on any atom is 0.0766 e. The van der Waals surface area contributed by atoms with Gasteiger partial charge >= 0.3 is 0 Å². The summed E-state index contributed by atoms with van der Waals surface area (Å²) in [6.07, 6.45) is 6.35. The second kappa shape index (κ2) is 4.72. The van der Waals surface area contributed by atoms with E-state index < -0.39 is 0 Å². The molecule has 0 bridgehead atoms. The minimum atomic E-state index is 0.257. The van der Waals surface area contributed by atoms with E-state index in [0.717, 1.165) is 31.4 Å². The van der Waals surface area contributed by atoms with E-state index in [2.05, 4.69) is 34.0 Å². The van der Waals surface area contributed by atoms with Crippen molar-refractivity contribution in [2.75, 3.05) is 0 Å². The fourth-order valence-electron chi connectivity index (χ4n) is 2.20. The third-order valence-corrected chi connectivity index (χ3v) is 4.06. The largest absolute Gasteiger partial charge is 0.324 e. The SMILES string of the molecule is CCc1nn(C)c(CC2=CC(N)CC2)c1Br. The van der Waals surface area contributed by atoms with Crippen molar-refractivity contribution < 1.29 is 0 Å². The first-order chi connectivity index (χ1) is 7.61. The van der Waals surface area contributed by atoms with E-state index in [0.29, 0.717) is 0 Å². The lowest BCUT2D eigenvalue weighted by atomic mass is 10.1. The number of rotatable bonds is 3. The van der Waals surface area contributed by atoms with Crippen LogP contribution in [0.1, 0.15) is 31.2 Å². The predicted octanol–water partition coefficient (Wildman–Crippen LogP) is 2.33. The fraction of sp³-hybridized carbons (Fsp3) is 0.583. The highest BCUT2D eigenvalue weighted by atomic mass is 79.9. The lowest BCUT2D eigenvalue weighted by Gasteiger charge is -2.03. The van der Waals surface area contributed by atoms with Gasteiger partial charge in [-0.25, -0.2) is 0 Å². The van der Waals surface area contributed by atoms with Crippen LogP contribution in [0.4, 0.5) is 0 Å². The van der Waals surface area contributed by atoms with Gasteiger partial charge in [-0.1, -0.05) is 18.6 Å². The van der Waals surface area contributed by atoms with E-state index in [1.165, 1.54) is 15.7 Å². The number of hydrogen-bond acceptors (Lipinski definition) is 2. The number of aromatic nitrogens is 2. The topological polar surface area (TPSA) is 43.8 Å². The fourth-order valence-corrected chi connectivity index (χ4v) is 2.95. The second-order valence-electron chi connectivity index (χ2n) is 4.39. The third-order valence-electron chi connectivity index (χ3n) is 3.15. The normalized spacial score (nSPS) is 20.2. The van der Waals surface area contributed by atoms with Gasteiger partial charge in [-0.3, -0.25) is 4.68 Å². The molecular weight excluding hydrogens is 266 g/mol. The molecule has 0 spiro atoms. The van der Waals surface area contributed by atoms with Crippen LogP contribution in [0.25, 0.3) is 0 Å². The molecule has 0 radical (unpaired) electrons. The number of nitrogens with two attached hydrogens (primary N) is 1. The van der Waals surface area contributed by atoms with Gasteiger partial charge in [0.05, 0.1) is 15.9 Å². The molecule has 4 heteroatoms. The average Bonchev–Trinajstić information content (AvgIpc) is 2.77. The van der Waals surface area contributed by atoms with Gasteiger partial charge in [-0.2, -0.15) is 5.10 Å². The molecular formula is C12H18BrN3. The lowest BCUT2D eigenvalue weighted by Crippen LogP contribution is -2.11. The minimum absolute atomic E-state index is 0.257. The van der Waals surface area contributed by atoms with Crippen LogP contribution in [-0.4, -0.2) is 15.8 Å². The van der Waals surface area contributed by atoms with Gasteiger partial charge in [0.25, 0.3) is 0 Å². The molecule has 0 aliphatic heterocycles. The Labute approximate surface area is 105 Å². The monoisotopic (exact) mass is 283 g/mol. The molecule has 0 saturated heterocycles. The van der Waals surface area contributed by atoms with Crippen LogP contribution in [0.3, 0.4) is 0 Å². The first-order valence-electron chi connectivity index (χ1n) is 5.77. The van der Waals surface area contributed by atoms with Crippen LogP contribution in [-0.2, 0) is 19.9 Å². The summed E-state index contributed by atoms with van der Waals surface area (Å²) in [4.78, 5) is 0. The summed E-state index contributed by atoms with van der Waals surface area (Å²) in [5.41, 5.74) is 9.72. The number of aryl methyl sites for hydroxylation is 2. The van der Waals surface area contributed by atoms with Gasteiger partial charge in [-0.05, 0) is 35.2 Å². The van der Waals surface area contributed by atoms with Crippen molar-refractivity contribution in [2.24, 2.45) is 12.8 Å². The number of hydrogen-bond donors (Lipinski definition) is 1. The molecule has 2 N–H and O–H groups in total. The summed E-state index contributed by atoms with van der Waals surface area (Å²) in [6.45, 7) is 2.13. The Morgan fingerprint density at radius 3 is 2.88 bits per heavy atom. The molecule has 0 fully saturated rings. The summed E-state index contributed by atoms with van der Waals surface area (Å²) in [7, 11) is 2.01. The van der Waals surface area contributed by atoms with Gasteiger partial charge in [0.15, 0.2) is 0 Å². The van der Waals surface area contributed by atoms with Crippen molar-refractivity contribution in [3.63, 3.8) is 0 Å². The second-order valence-corrected chi connectivity index (χ2v) is 5.18. The molecule has 88 valence electrons. The number of halogens is 1. The van der Waals surface area contributed by atoms with E-state index >= 15 is 0 Å². The van der Waals surface area contributed by atoms with Gasteiger partial charge in [0, 0.05) is 19.5 Å². The molecule has 0 saturated carbocycles. The first-order valence-corrected chi connectivity index (χ1v) is 6.56. The molecule has 1 aromatic heterocycles. The van der Waals surface area contributed by atoms with E-state index in [4.69, 9.17) is 5.73 Å². The summed E-state index contributed by atoms with van der Waals surface area (Å²) >= 11 is 3.64. The Balaban J connectivity index is 2.21. The Bertz CT molecular complexity index is 420. The van der Waals surface area contributed by atoms with Crippen LogP contribution >= 0.6 is 15.9 Å². The molecule has 0 aromatic carbocycles. The van der Waals surface area contributed by atoms with Crippen LogP contribution < -0.4 is 5.73 Å². The Morgan fingerprint density at radius 1 is 1.62 bits per heavy atom. The molecule has 1 aromatic rings. The summed E-state index contributed by atoms with van der Waals surface area (Å²) in [5.74, 6) is 0. The van der Waals surface area contributed by atoms with Gasteiger partial charge in [0.1, 0.15) is 0 Å². The summed E-state index contributed by atoms with van der Waals surface area (Å²) < 4.78 is 3.15. The lowest BCUT2D eigenvalue weighted by molar-refractivity contribution is 0.702. The van der Waals surface area contributed by atoms with Crippen molar-refractivity contribution in [1.29, 1.82) is 0 Å². The highest BCUT2D eigenvalue weighted by molar-refractivity contribution is 9.10. The highest BCUT2D eigenvalue weighted by Gasteiger charge is 2.17. The Hall–Kier alpha value is -0.610. The van der Waals surface area contributed by atoms with Gasteiger partial charge in [0.2, 0.25) is 0 Å². The maximum atomic E-state index is 5.88. The Kier molecular flexibility index (Phi) is 3.50. The molecule has 1 heterocycles.